The van der Waals surface area contributed by atoms with Crippen LogP contribution in [0, 0.1) is 0 Å². The smallest absolute Gasteiger partial charge is 0.408 e. The monoisotopic (exact) mass is 612 g/mol. The first kappa shape index (κ1) is 35.7. The van der Waals surface area contributed by atoms with E-state index in [0.29, 0.717) is 5.56 Å². The predicted octanol–water partition coefficient (Wildman–Crippen LogP) is 2.39. The average Bonchev–Trinajstić information content (AvgIpc) is 2.90. The summed E-state index contributed by atoms with van der Waals surface area (Å²) in [6.07, 6.45) is -1.48. The van der Waals surface area contributed by atoms with Crippen molar-refractivity contribution in [3.63, 3.8) is 0 Å². The number of esters is 1. The van der Waals surface area contributed by atoms with Crippen molar-refractivity contribution in [2.24, 2.45) is 5.73 Å². The number of nitrogens with zero attached hydrogens (tertiary/aromatic N) is 1. The molecule has 0 aromatic heterocycles. The van der Waals surface area contributed by atoms with Gasteiger partial charge in [-0.3, -0.25) is 14.4 Å². The minimum atomic E-state index is -1.51. The maximum atomic E-state index is 14.1. The summed E-state index contributed by atoms with van der Waals surface area (Å²) >= 11 is 0. The molecule has 2 aromatic carbocycles. The van der Waals surface area contributed by atoms with Gasteiger partial charge < -0.3 is 35.8 Å². The summed E-state index contributed by atoms with van der Waals surface area (Å²) in [6, 6.07) is 13.2. The largest absolute Gasteiger partial charge is 0.458 e. The molecule has 0 aliphatic rings. The van der Waals surface area contributed by atoms with E-state index < -0.39 is 72.1 Å². The standard InChI is InChI=1S/C32H44N4O8/c1-31(2,3)43-29(41)24(19-21-13-9-7-10-14-21)34-27(39)26(22-15-11-8-12-16-22)36(17-18-37)28(40)23(20-25(33)38)35-30(42)44-32(4,5)6/h7-16,23-24,26,37H,17-20H2,1-6H3,(H2,33,38)(H,34,39)(H,35,42). The van der Waals surface area contributed by atoms with Crippen molar-refractivity contribution in [2.45, 2.75) is 83.7 Å². The van der Waals surface area contributed by atoms with Crippen LogP contribution in [0.4, 0.5) is 4.79 Å². The molecule has 44 heavy (non-hydrogen) atoms. The quantitative estimate of drug-likeness (QED) is 0.249. The van der Waals surface area contributed by atoms with E-state index in [4.69, 9.17) is 15.2 Å². The number of carbonyl (C=O) groups is 5. The third-order valence-electron chi connectivity index (χ3n) is 5.98. The number of amides is 4. The van der Waals surface area contributed by atoms with Crippen LogP contribution in [0.5, 0.6) is 0 Å². The van der Waals surface area contributed by atoms with Crippen molar-refractivity contribution < 1.29 is 38.6 Å². The topological polar surface area (TPSA) is 177 Å². The van der Waals surface area contributed by atoms with Gasteiger partial charge in [-0.25, -0.2) is 9.59 Å². The summed E-state index contributed by atoms with van der Waals surface area (Å²) in [4.78, 5) is 66.9. The summed E-state index contributed by atoms with van der Waals surface area (Å²) in [7, 11) is 0. The number of aliphatic hydroxyl groups excluding tert-OH is 1. The SMILES string of the molecule is CC(C)(C)OC(=O)NC(CC(N)=O)C(=O)N(CCO)C(C(=O)NC(Cc1ccccc1)C(=O)OC(C)(C)C)c1ccccc1. The fraction of sp³-hybridized carbons (Fsp3) is 0.469. The predicted molar refractivity (Wildman–Crippen MR) is 163 cm³/mol. The third kappa shape index (κ3) is 12.0. The normalized spacial score (nSPS) is 13.5. The third-order valence-corrected chi connectivity index (χ3v) is 5.98. The number of ether oxygens (including phenoxy) is 2. The maximum absolute atomic E-state index is 14.1. The molecule has 0 bridgehead atoms. The molecular formula is C32H44N4O8. The van der Waals surface area contributed by atoms with Crippen LogP contribution in [0.25, 0.3) is 0 Å². The zero-order valence-corrected chi connectivity index (χ0v) is 26.2. The zero-order chi connectivity index (χ0) is 33.1. The molecule has 0 aliphatic carbocycles. The molecule has 240 valence electrons. The molecule has 0 saturated heterocycles. The number of nitrogens with one attached hydrogen (secondary N) is 2. The lowest BCUT2D eigenvalue weighted by Gasteiger charge is -2.34. The molecule has 0 aliphatic heterocycles. The van der Waals surface area contributed by atoms with E-state index >= 15 is 0 Å². The van der Waals surface area contributed by atoms with E-state index in [9.17, 15) is 29.1 Å². The van der Waals surface area contributed by atoms with Crippen LogP contribution in [-0.4, -0.2) is 76.2 Å². The summed E-state index contributed by atoms with van der Waals surface area (Å²) < 4.78 is 10.8. The molecule has 0 fully saturated rings. The molecule has 0 spiro atoms. The highest BCUT2D eigenvalue weighted by atomic mass is 16.6. The average molecular weight is 613 g/mol. The van der Waals surface area contributed by atoms with Gasteiger partial charge in [0, 0.05) is 13.0 Å². The lowest BCUT2D eigenvalue weighted by Crippen LogP contribution is -2.56. The Balaban J connectivity index is 2.53. The van der Waals surface area contributed by atoms with E-state index in [0.717, 1.165) is 10.5 Å². The first-order valence-corrected chi connectivity index (χ1v) is 14.3. The van der Waals surface area contributed by atoms with Crippen molar-refractivity contribution in [2.75, 3.05) is 13.2 Å². The van der Waals surface area contributed by atoms with Gasteiger partial charge in [0.05, 0.1) is 13.0 Å². The Morgan fingerprint density at radius 3 is 1.86 bits per heavy atom. The van der Waals surface area contributed by atoms with Gasteiger partial charge in [0.15, 0.2) is 0 Å². The number of aliphatic hydroxyl groups is 1. The van der Waals surface area contributed by atoms with Crippen LogP contribution < -0.4 is 16.4 Å². The van der Waals surface area contributed by atoms with Crippen LogP contribution in [0.15, 0.2) is 60.7 Å². The first-order valence-electron chi connectivity index (χ1n) is 14.3. The number of carbonyl (C=O) groups excluding carboxylic acids is 5. The number of benzene rings is 2. The van der Waals surface area contributed by atoms with Crippen molar-refractivity contribution in [3.8, 4) is 0 Å². The van der Waals surface area contributed by atoms with E-state index in [-0.39, 0.29) is 13.0 Å². The molecule has 3 unspecified atom stereocenters. The molecule has 0 heterocycles. The van der Waals surface area contributed by atoms with Crippen LogP contribution in [0.1, 0.15) is 65.1 Å². The highest BCUT2D eigenvalue weighted by molar-refractivity contribution is 5.95. The van der Waals surface area contributed by atoms with Gasteiger partial charge in [0.2, 0.25) is 17.7 Å². The summed E-state index contributed by atoms with van der Waals surface area (Å²) in [5.74, 6) is -3.19. The zero-order valence-electron chi connectivity index (χ0n) is 26.2. The lowest BCUT2D eigenvalue weighted by atomic mass is 10.0. The number of alkyl carbamates (subject to hydrolysis) is 1. The maximum Gasteiger partial charge on any atom is 0.408 e. The fourth-order valence-corrected chi connectivity index (χ4v) is 4.30. The Morgan fingerprint density at radius 2 is 1.36 bits per heavy atom. The van der Waals surface area contributed by atoms with E-state index in [1.54, 1.807) is 96.1 Å². The summed E-state index contributed by atoms with van der Waals surface area (Å²) in [6.45, 7) is 9.09. The summed E-state index contributed by atoms with van der Waals surface area (Å²) in [5, 5.41) is 15.1. The van der Waals surface area contributed by atoms with E-state index in [2.05, 4.69) is 10.6 Å². The molecule has 2 rings (SSSR count). The Hall–Kier alpha value is -4.45. The van der Waals surface area contributed by atoms with Crippen LogP contribution >= 0.6 is 0 Å². The van der Waals surface area contributed by atoms with Crippen LogP contribution in [0.2, 0.25) is 0 Å². The number of nitrogens with two attached hydrogens (primary N) is 1. The first-order chi connectivity index (χ1) is 20.5. The minimum Gasteiger partial charge on any atom is -0.458 e. The summed E-state index contributed by atoms with van der Waals surface area (Å²) in [5.41, 5.74) is 4.75. The number of hydrogen-bond donors (Lipinski definition) is 4. The van der Waals surface area contributed by atoms with Gasteiger partial charge in [-0.1, -0.05) is 60.7 Å². The molecule has 0 radical (unpaired) electrons. The van der Waals surface area contributed by atoms with Gasteiger partial charge in [-0.15, -0.1) is 0 Å². The number of primary amides is 1. The van der Waals surface area contributed by atoms with Gasteiger partial charge >= 0.3 is 12.1 Å². The van der Waals surface area contributed by atoms with Gasteiger partial charge in [0.25, 0.3) is 0 Å². The number of hydrogen-bond acceptors (Lipinski definition) is 8. The Kier molecular flexibility index (Phi) is 12.9. The molecule has 2 aromatic rings. The molecule has 12 heteroatoms. The Morgan fingerprint density at radius 1 is 0.818 bits per heavy atom. The second-order valence-corrected chi connectivity index (χ2v) is 12.2. The van der Waals surface area contributed by atoms with Crippen molar-refractivity contribution in [1.29, 1.82) is 0 Å². The Bertz CT molecular complexity index is 1270. The van der Waals surface area contributed by atoms with E-state index in [1.807, 2.05) is 6.07 Å². The second kappa shape index (κ2) is 15.9. The lowest BCUT2D eigenvalue weighted by molar-refractivity contribution is -0.159. The molecule has 12 nitrogen and oxygen atoms in total. The molecule has 0 saturated carbocycles. The van der Waals surface area contributed by atoms with Crippen molar-refractivity contribution >= 4 is 29.8 Å². The van der Waals surface area contributed by atoms with E-state index in [1.165, 1.54) is 0 Å². The van der Waals surface area contributed by atoms with Gasteiger partial charge in [0.1, 0.15) is 29.3 Å². The molecule has 4 amide bonds. The highest BCUT2D eigenvalue weighted by Crippen LogP contribution is 2.24. The minimum absolute atomic E-state index is 0.0987. The van der Waals surface area contributed by atoms with Crippen LogP contribution in [0.3, 0.4) is 0 Å². The van der Waals surface area contributed by atoms with Crippen molar-refractivity contribution in [1.82, 2.24) is 15.5 Å². The van der Waals surface area contributed by atoms with Gasteiger partial charge in [-0.2, -0.15) is 0 Å². The molecule has 3 atom stereocenters. The second-order valence-electron chi connectivity index (χ2n) is 12.2. The highest BCUT2D eigenvalue weighted by Gasteiger charge is 2.38. The number of rotatable bonds is 13. The molecule has 5 N–H and O–H groups in total. The Labute approximate surface area is 258 Å². The van der Waals surface area contributed by atoms with Crippen LogP contribution in [-0.2, 0) is 35.1 Å². The van der Waals surface area contributed by atoms with Crippen molar-refractivity contribution in [3.05, 3.63) is 71.8 Å². The van der Waals surface area contributed by atoms with Gasteiger partial charge in [-0.05, 0) is 52.7 Å². The fourth-order valence-electron chi connectivity index (χ4n) is 4.30. The molecular weight excluding hydrogens is 568 g/mol.